The highest BCUT2D eigenvalue weighted by Crippen LogP contribution is 2.45. The van der Waals surface area contributed by atoms with Crippen LogP contribution in [0.4, 0.5) is 0 Å². The van der Waals surface area contributed by atoms with E-state index in [9.17, 15) is 4.79 Å². The molecule has 1 aliphatic rings. The van der Waals surface area contributed by atoms with Crippen molar-refractivity contribution in [2.45, 2.75) is 58.9 Å². The van der Waals surface area contributed by atoms with Gasteiger partial charge in [-0.2, -0.15) is 0 Å². The van der Waals surface area contributed by atoms with E-state index in [1.807, 2.05) is 6.07 Å². The summed E-state index contributed by atoms with van der Waals surface area (Å²) in [5.41, 5.74) is 7.26. The summed E-state index contributed by atoms with van der Waals surface area (Å²) in [7, 11) is 0. The van der Waals surface area contributed by atoms with E-state index < -0.39 is 0 Å². The Morgan fingerprint density at radius 3 is 2.62 bits per heavy atom. The van der Waals surface area contributed by atoms with Crippen molar-refractivity contribution in [1.29, 1.82) is 0 Å². The Morgan fingerprint density at radius 1 is 1.29 bits per heavy atom. The number of carbonyl (C=O) groups excluding carboxylic acids is 1. The molecule has 1 aromatic rings. The predicted molar refractivity (Wildman–Crippen MR) is 88.0 cm³/mol. The third kappa shape index (κ3) is 3.74. The molecule has 0 aliphatic heterocycles. The van der Waals surface area contributed by atoms with E-state index in [0.717, 1.165) is 25.7 Å². The quantitative estimate of drug-likeness (QED) is 0.890. The molecular formula is C19H29NO. The summed E-state index contributed by atoms with van der Waals surface area (Å²) in [6.45, 7) is 6.60. The third-order valence-electron chi connectivity index (χ3n) is 5.57. The van der Waals surface area contributed by atoms with Crippen molar-refractivity contribution in [2.75, 3.05) is 0 Å². The highest BCUT2D eigenvalue weighted by atomic mass is 16.1. The van der Waals surface area contributed by atoms with Crippen LogP contribution in [0.25, 0.3) is 0 Å². The summed E-state index contributed by atoms with van der Waals surface area (Å²) in [5.74, 6) is 1.38. The topological polar surface area (TPSA) is 43.1 Å². The molecule has 2 nitrogen and oxygen atoms in total. The summed E-state index contributed by atoms with van der Waals surface area (Å²) in [4.78, 5) is 12.8. The minimum absolute atomic E-state index is 0.180. The second-order valence-corrected chi connectivity index (χ2v) is 7.15. The lowest BCUT2D eigenvalue weighted by atomic mass is 9.60. The van der Waals surface area contributed by atoms with E-state index in [0.29, 0.717) is 24.0 Å². The zero-order valence-electron chi connectivity index (χ0n) is 13.6. The number of hydrogen-bond donors (Lipinski definition) is 1. The number of hydrogen-bond acceptors (Lipinski definition) is 2. The van der Waals surface area contributed by atoms with Gasteiger partial charge in [-0.05, 0) is 43.1 Å². The van der Waals surface area contributed by atoms with Crippen LogP contribution in [0, 0.1) is 17.3 Å². The second-order valence-electron chi connectivity index (χ2n) is 7.15. The minimum atomic E-state index is -0.228. The number of carbonyl (C=O) groups is 1. The van der Waals surface area contributed by atoms with E-state index in [2.05, 4.69) is 45.0 Å². The van der Waals surface area contributed by atoms with Crippen molar-refractivity contribution in [3.63, 3.8) is 0 Å². The van der Waals surface area contributed by atoms with Crippen LogP contribution in [0.1, 0.15) is 52.0 Å². The van der Waals surface area contributed by atoms with Gasteiger partial charge in [-0.25, -0.2) is 0 Å². The smallest absolute Gasteiger partial charge is 0.139 e. The molecule has 21 heavy (non-hydrogen) atoms. The van der Waals surface area contributed by atoms with E-state index in [4.69, 9.17) is 5.73 Å². The zero-order valence-corrected chi connectivity index (χ0v) is 13.6. The average molecular weight is 287 g/mol. The average Bonchev–Trinajstić information content (AvgIpc) is 2.45. The van der Waals surface area contributed by atoms with Crippen LogP contribution in [0.5, 0.6) is 0 Å². The monoisotopic (exact) mass is 287 g/mol. The molecule has 2 heteroatoms. The Labute approximate surface area is 129 Å². The van der Waals surface area contributed by atoms with Gasteiger partial charge < -0.3 is 5.73 Å². The van der Waals surface area contributed by atoms with Crippen molar-refractivity contribution in [3.8, 4) is 0 Å². The van der Waals surface area contributed by atoms with Crippen molar-refractivity contribution in [2.24, 2.45) is 23.0 Å². The lowest BCUT2D eigenvalue weighted by molar-refractivity contribution is -0.134. The molecule has 1 fully saturated rings. The SMILES string of the molecule is CC1CC(N)CC(C)(C(=O)CCCc2ccccc2)C1C. The Bertz CT molecular complexity index is 470. The Balaban J connectivity index is 1.92. The van der Waals surface area contributed by atoms with Crippen LogP contribution in [0.3, 0.4) is 0 Å². The van der Waals surface area contributed by atoms with E-state index >= 15 is 0 Å². The molecule has 4 unspecified atom stereocenters. The molecule has 0 bridgehead atoms. The van der Waals surface area contributed by atoms with Gasteiger partial charge in [-0.3, -0.25) is 4.79 Å². The van der Waals surface area contributed by atoms with Gasteiger partial charge in [0.2, 0.25) is 0 Å². The lowest BCUT2D eigenvalue weighted by Gasteiger charge is -2.45. The fraction of sp³-hybridized carbons (Fsp3) is 0.632. The highest BCUT2D eigenvalue weighted by Gasteiger charge is 2.45. The molecule has 1 aliphatic carbocycles. The Kier molecular flexibility index (Phi) is 5.21. The number of nitrogens with two attached hydrogens (primary N) is 1. The third-order valence-corrected chi connectivity index (χ3v) is 5.57. The van der Waals surface area contributed by atoms with Gasteiger partial charge in [0.25, 0.3) is 0 Å². The van der Waals surface area contributed by atoms with Gasteiger partial charge in [-0.15, -0.1) is 0 Å². The minimum Gasteiger partial charge on any atom is -0.328 e. The predicted octanol–water partition coefficient (Wildman–Crippen LogP) is 3.98. The van der Waals surface area contributed by atoms with Gasteiger partial charge in [0.1, 0.15) is 5.78 Å². The van der Waals surface area contributed by atoms with Crippen molar-refractivity contribution in [1.82, 2.24) is 0 Å². The van der Waals surface area contributed by atoms with Crippen LogP contribution < -0.4 is 5.73 Å². The molecule has 0 radical (unpaired) electrons. The number of rotatable bonds is 5. The van der Waals surface area contributed by atoms with Gasteiger partial charge >= 0.3 is 0 Å². The maximum absolute atomic E-state index is 12.8. The highest BCUT2D eigenvalue weighted by molar-refractivity contribution is 5.85. The Morgan fingerprint density at radius 2 is 1.95 bits per heavy atom. The molecule has 0 aromatic heterocycles. The van der Waals surface area contributed by atoms with Crippen molar-refractivity contribution in [3.05, 3.63) is 35.9 Å². The van der Waals surface area contributed by atoms with Crippen molar-refractivity contribution < 1.29 is 4.79 Å². The maximum Gasteiger partial charge on any atom is 0.139 e. The fourth-order valence-corrected chi connectivity index (χ4v) is 3.87. The standard InChI is InChI=1S/C19H29NO/c1-14-12-17(20)13-19(3,15(14)2)18(21)11-7-10-16-8-5-4-6-9-16/h4-6,8-9,14-15,17H,7,10-13,20H2,1-3H3. The number of aryl methyl sites for hydroxylation is 1. The Hall–Kier alpha value is -1.15. The summed E-state index contributed by atoms with van der Waals surface area (Å²) < 4.78 is 0. The first kappa shape index (κ1) is 16.2. The molecule has 2 rings (SSSR count). The van der Waals surface area contributed by atoms with Crippen LogP contribution in [0.15, 0.2) is 30.3 Å². The first-order valence-corrected chi connectivity index (χ1v) is 8.26. The lowest BCUT2D eigenvalue weighted by Crippen LogP contribution is -2.48. The maximum atomic E-state index is 12.8. The summed E-state index contributed by atoms with van der Waals surface area (Å²) in [5, 5.41) is 0. The van der Waals surface area contributed by atoms with Crippen LogP contribution in [0.2, 0.25) is 0 Å². The van der Waals surface area contributed by atoms with Gasteiger partial charge in [-0.1, -0.05) is 51.1 Å². The number of benzene rings is 1. The molecule has 4 atom stereocenters. The molecular weight excluding hydrogens is 258 g/mol. The molecule has 0 spiro atoms. The van der Waals surface area contributed by atoms with E-state index in [-0.39, 0.29) is 11.5 Å². The van der Waals surface area contributed by atoms with Crippen LogP contribution >= 0.6 is 0 Å². The van der Waals surface area contributed by atoms with Crippen molar-refractivity contribution >= 4 is 5.78 Å². The molecule has 116 valence electrons. The molecule has 0 heterocycles. The first-order chi connectivity index (χ1) is 9.93. The fourth-order valence-electron chi connectivity index (χ4n) is 3.87. The van der Waals surface area contributed by atoms with E-state index in [1.165, 1.54) is 5.56 Å². The second kappa shape index (κ2) is 6.74. The number of ketones is 1. The molecule has 0 amide bonds. The normalized spacial score (nSPS) is 32.9. The van der Waals surface area contributed by atoms with Crippen LogP contribution in [-0.2, 0) is 11.2 Å². The van der Waals surface area contributed by atoms with Gasteiger partial charge in [0.15, 0.2) is 0 Å². The summed E-state index contributed by atoms with van der Waals surface area (Å²) in [6.07, 6.45) is 4.50. The van der Waals surface area contributed by atoms with Crippen LogP contribution in [-0.4, -0.2) is 11.8 Å². The molecule has 0 saturated heterocycles. The van der Waals surface area contributed by atoms with Gasteiger partial charge in [0, 0.05) is 17.9 Å². The molecule has 2 N–H and O–H groups in total. The van der Waals surface area contributed by atoms with Gasteiger partial charge in [0.05, 0.1) is 0 Å². The number of Topliss-reactive ketones (excluding diaryl/α,β-unsaturated/α-hetero) is 1. The summed E-state index contributed by atoms with van der Waals surface area (Å²) >= 11 is 0. The van der Waals surface area contributed by atoms with E-state index in [1.54, 1.807) is 0 Å². The largest absolute Gasteiger partial charge is 0.328 e. The molecule has 1 saturated carbocycles. The zero-order chi connectivity index (χ0) is 15.5. The molecule has 1 aromatic carbocycles. The first-order valence-electron chi connectivity index (χ1n) is 8.26. The summed E-state index contributed by atoms with van der Waals surface area (Å²) in [6, 6.07) is 10.6.